The van der Waals surface area contributed by atoms with Crippen LogP contribution in [0.1, 0.15) is 36.7 Å². The average Bonchev–Trinajstić information content (AvgIpc) is 2.63. The van der Waals surface area contributed by atoms with Crippen LogP contribution in [0.5, 0.6) is 5.75 Å². The monoisotopic (exact) mass is 368 g/mol. The average molecular weight is 368 g/mol. The first-order valence-corrected chi connectivity index (χ1v) is 9.54. The molecule has 2 atom stereocenters. The van der Waals surface area contributed by atoms with E-state index in [1.807, 2.05) is 55.5 Å². The molecule has 1 saturated heterocycles. The number of hydrogen-bond donors (Lipinski definition) is 1. The maximum atomic E-state index is 12.4. The molecule has 5 heteroatoms. The van der Waals surface area contributed by atoms with Crippen molar-refractivity contribution in [3.8, 4) is 5.75 Å². The van der Waals surface area contributed by atoms with E-state index in [1.165, 1.54) is 5.56 Å². The fraction of sp³-hybridized carbons (Fsp3) is 0.409. The third-order valence-corrected chi connectivity index (χ3v) is 4.54. The molecule has 1 amide bonds. The van der Waals surface area contributed by atoms with Crippen LogP contribution < -0.4 is 10.1 Å². The highest BCUT2D eigenvalue weighted by Gasteiger charge is 2.22. The second kappa shape index (κ2) is 9.02. The predicted molar refractivity (Wildman–Crippen MR) is 107 cm³/mol. The van der Waals surface area contributed by atoms with Crippen molar-refractivity contribution in [2.24, 2.45) is 0 Å². The van der Waals surface area contributed by atoms with Gasteiger partial charge in [-0.25, -0.2) is 0 Å². The molecule has 5 nitrogen and oxygen atoms in total. The molecule has 0 spiro atoms. The Bertz CT molecular complexity index is 733. The van der Waals surface area contributed by atoms with Crippen LogP contribution in [0.25, 0.3) is 0 Å². The highest BCUT2D eigenvalue weighted by molar-refractivity contribution is 6.04. The van der Waals surface area contributed by atoms with Crippen LogP contribution in [0.15, 0.2) is 48.5 Å². The lowest BCUT2D eigenvalue weighted by atomic mass is 10.1. The molecule has 1 fully saturated rings. The number of nitrogens with zero attached hydrogens (tertiary/aromatic N) is 1. The second-order valence-electron chi connectivity index (χ2n) is 7.06. The van der Waals surface area contributed by atoms with Gasteiger partial charge in [0.2, 0.25) is 0 Å². The van der Waals surface area contributed by atoms with Gasteiger partial charge in [-0.2, -0.15) is 0 Å². The molecule has 1 aliphatic rings. The summed E-state index contributed by atoms with van der Waals surface area (Å²) in [5.74, 6) is 0.686. The smallest absolute Gasteiger partial charge is 0.255 e. The Kier molecular flexibility index (Phi) is 6.48. The Morgan fingerprint density at radius 3 is 2.30 bits per heavy atom. The van der Waals surface area contributed by atoms with Crippen molar-refractivity contribution in [2.75, 3.05) is 25.0 Å². The Morgan fingerprint density at radius 2 is 1.70 bits per heavy atom. The number of carbonyl (C=O) groups excluding carboxylic acids is 1. The normalized spacial score (nSPS) is 20.3. The SMILES string of the molecule is CCOc1ccc(NC(=O)c2ccc(CN3CC(C)OC(C)C3)cc2)cc1. The topological polar surface area (TPSA) is 50.8 Å². The van der Waals surface area contributed by atoms with Crippen LogP contribution >= 0.6 is 0 Å². The van der Waals surface area contributed by atoms with Crippen molar-refractivity contribution in [2.45, 2.75) is 39.5 Å². The van der Waals surface area contributed by atoms with Gasteiger partial charge >= 0.3 is 0 Å². The van der Waals surface area contributed by atoms with E-state index in [0.29, 0.717) is 12.2 Å². The minimum absolute atomic E-state index is 0.112. The molecule has 1 heterocycles. The molecule has 0 aromatic heterocycles. The lowest BCUT2D eigenvalue weighted by Crippen LogP contribution is -2.44. The summed E-state index contributed by atoms with van der Waals surface area (Å²) in [5, 5.41) is 2.92. The quantitative estimate of drug-likeness (QED) is 0.839. The lowest BCUT2D eigenvalue weighted by Gasteiger charge is -2.35. The summed E-state index contributed by atoms with van der Waals surface area (Å²) in [6, 6.07) is 15.2. The third-order valence-electron chi connectivity index (χ3n) is 4.54. The number of benzene rings is 2. The summed E-state index contributed by atoms with van der Waals surface area (Å²) >= 11 is 0. The van der Waals surface area contributed by atoms with E-state index < -0.39 is 0 Å². The number of amides is 1. The molecular formula is C22H28N2O3. The maximum Gasteiger partial charge on any atom is 0.255 e. The number of nitrogens with one attached hydrogen (secondary N) is 1. The van der Waals surface area contributed by atoms with Crippen molar-refractivity contribution < 1.29 is 14.3 Å². The second-order valence-corrected chi connectivity index (χ2v) is 7.06. The number of morpholine rings is 1. The van der Waals surface area contributed by atoms with Gasteiger partial charge in [-0.15, -0.1) is 0 Å². The zero-order valence-electron chi connectivity index (χ0n) is 16.3. The summed E-state index contributed by atoms with van der Waals surface area (Å²) in [6.07, 6.45) is 0.515. The van der Waals surface area contributed by atoms with Crippen LogP contribution in [0.3, 0.4) is 0 Å². The third kappa shape index (κ3) is 5.55. The number of carbonyl (C=O) groups is 1. The van der Waals surface area contributed by atoms with E-state index in [9.17, 15) is 4.79 Å². The molecule has 2 aromatic rings. The zero-order chi connectivity index (χ0) is 19.2. The molecule has 0 aliphatic carbocycles. The van der Waals surface area contributed by atoms with Gasteiger partial charge in [0, 0.05) is 30.9 Å². The van der Waals surface area contributed by atoms with Crippen molar-refractivity contribution in [1.82, 2.24) is 4.90 Å². The van der Waals surface area contributed by atoms with Gasteiger partial charge in [0.25, 0.3) is 5.91 Å². The summed E-state index contributed by atoms with van der Waals surface area (Å²) < 4.78 is 11.2. The van der Waals surface area contributed by atoms with Crippen molar-refractivity contribution >= 4 is 11.6 Å². The molecule has 1 N–H and O–H groups in total. The van der Waals surface area contributed by atoms with E-state index in [-0.39, 0.29) is 18.1 Å². The number of rotatable bonds is 6. The summed E-state index contributed by atoms with van der Waals surface area (Å²) in [7, 11) is 0. The molecule has 2 aromatic carbocycles. The molecule has 144 valence electrons. The van der Waals surface area contributed by atoms with Gasteiger partial charge in [0.1, 0.15) is 5.75 Å². The standard InChI is InChI=1S/C22H28N2O3/c1-4-26-21-11-9-20(10-12-21)23-22(25)19-7-5-18(6-8-19)15-24-13-16(2)27-17(3)14-24/h5-12,16-17H,4,13-15H2,1-3H3,(H,23,25). The van der Waals surface area contributed by atoms with Crippen LogP contribution in [0.2, 0.25) is 0 Å². The van der Waals surface area contributed by atoms with Crippen molar-refractivity contribution in [1.29, 1.82) is 0 Å². The van der Waals surface area contributed by atoms with E-state index in [0.717, 1.165) is 31.1 Å². The Balaban J connectivity index is 1.57. The van der Waals surface area contributed by atoms with Gasteiger partial charge < -0.3 is 14.8 Å². The maximum absolute atomic E-state index is 12.4. The van der Waals surface area contributed by atoms with Crippen LogP contribution in [-0.4, -0.2) is 42.7 Å². The number of hydrogen-bond acceptors (Lipinski definition) is 4. The van der Waals surface area contributed by atoms with Gasteiger partial charge in [0.05, 0.1) is 18.8 Å². The molecule has 1 aliphatic heterocycles. The lowest BCUT2D eigenvalue weighted by molar-refractivity contribution is -0.0704. The Labute approximate surface area is 161 Å². The van der Waals surface area contributed by atoms with Crippen LogP contribution in [0, 0.1) is 0 Å². The minimum atomic E-state index is -0.112. The van der Waals surface area contributed by atoms with Crippen LogP contribution in [0.4, 0.5) is 5.69 Å². The first-order chi connectivity index (χ1) is 13.0. The first kappa shape index (κ1) is 19.4. The first-order valence-electron chi connectivity index (χ1n) is 9.54. The predicted octanol–water partition coefficient (Wildman–Crippen LogP) is 3.95. The van der Waals surface area contributed by atoms with E-state index in [4.69, 9.17) is 9.47 Å². The summed E-state index contributed by atoms with van der Waals surface area (Å²) in [4.78, 5) is 14.8. The highest BCUT2D eigenvalue weighted by Crippen LogP contribution is 2.18. The largest absolute Gasteiger partial charge is 0.494 e. The molecule has 2 unspecified atom stereocenters. The Morgan fingerprint density at radius 1 is 1.07 bits per heavy atom. The molecular weight excluding hydrogens is 340 g/mol. The fourth-order valence-electron chi connectivity index (χ4n) is 3.44. The van der Waals surface area contributed by atoms with Gasteiger partial charge in [-0.1, -0.05) is 12.1 Å². The molecule has 0 saturated carbocycles. The summed E-state index contributed by atoms with van der Waals surface area (Å²) in [6.45, 7) is 9.53. The van der Waals surface area contributed by atoms with E-state index in [1.54, 1.807) is 0 Å². The number of ether oxygens (including phenoxy) is 2. The molecule has 0 bridgehead atoms. The van der Waals surface area contributed by atoms with Crippen molar-refractivity contribution in [3.63, 3.8) is 0 Å². The van der Waals surface area contributed by atoms with E-state index >= 15 is 0 Å². The van der Waals surface area contributed by atoms with Gasteiger partial charge in [-0.3, -0.25) is 9.69 Å². The zero-order valence-corrected chi connectivity index (χ0v) is 16.3. The molecule has 27 heavy (non-hydrogen) atoms. The van der Waals surface area contributed by atoms with Crippen LogP contribution in [-0.2, 0) is 11.3 Å². The van der Waals surface area contributed by atoms with Gasteiger partial charge in [-0.05, 0) is 62.7 Å². The number of anilines is 1. The fourth-order valence-corrected chi connectivity index (χ4v) is 3.44. The highest BCUT2D eigenvalue weighted by atomic mass is 16.5. The Hall–Kier alpha value is -2.37. The molecule has 3 rings (SSSR count). The van der Waals surface area contributed by atoms with Crippen molar-refractivity contribution in [3.05, 3.63) is 59.7 Å². The minimum Gasteiger partial charge on any atom is -0.494 e. The molecule has 0 radical (unpaired) electrons. The van der Waals surface area contributed by atoms with Gasteiger partial charge in [0.15, 0.2) is 0 Å². The van der Waals surface area contributed by atoms with E-state index in [2.05, 4.69) is 24.1 Å². The summed E-state index contributed by atoms with van der Waals surface area (Å²) in [5.41, 5.74) is 2.61.